The van der Waals surface area contributed by atoms with E-state index in [2.05, 4.69) is 15.1 Å². The van der Waals surface area contributed by atoms with Gasteiger partial charge in [0.25, 0.3) is 0 Å². The van der Waals surface area contributed by atoms with Crippen LogP contribution in [0.3, 0.4) is 0 Å². The summed E-state index contributed by atoms with van der Waals surface area (Å²) in [6.07, 6.45) is 3.09. The fraction of sp³-hybridized carbons (Fsp3) is 0.267. The topological polar surface area (TPSA) is 90.9 Å². The van der Waals surface area contributed by atoms with Gasteiger partial charge in [-0.2, -0.15) is 4.98 Å². The molecule has 0 saturated carbocycles. The van der Waals surface area contributed by atoms with Crippen LogP contribution in [-0.4, -0.2) is 28.1 Å². The summed E-state index contributed by atoms with van der Waals surface area (Å²) in [7, 11) is -3.69. The fourth-order valence-electron chi connectivity index (χ4n) is 2.23. The van der Waals surface area contributed by atoms with Crippen molar-refractivity contribution >= 4 is 9.84 Å². The van der Waals surface area contributed by atoms with Gasteiger partial charge < -0.3 is 4.52 Å². The first kappa shape index (κ1) is 15.4. The van der Waals surface area contributed by atoms with Crippen LogP contribution in [0.15, 0.2) is 40.3 Å². The number of aryl methyl sites for hydroxylation is 3. The second kappa shape index (κ2) is 5.62. The molecule has 3 rings (SSSR count). The molecule has 0 aliphatic carbocycles. The van der Waals surface area contributed by atoms with Crippen LogP contribution in [0.5, 0.6) is 0 Å². The lowest BCUT2D eigenvalue weighted by Crippen LogP contribution is -2.13. The minimum atomic E-state index is -3.69. The van der Waals surface area contributed by atoms with Crippen molar-refractivity contribution in [2.24, 2.45) is 0 Å². The molecule has 1 aromatic carbocycles. The Bertz CT molecular complexity index is 957. The first-order valence-electron chi connectivity index (χ1n) is 7.00. The van der Waals surface area contributed by atoms with E-state index in [-0.39, 0.29) is 16.7 Å². The Morgan fingerprint density at radius 3 is 2.61 bits per heavy atom. The Labute approximate surface area is 133 Å². The van der Waals surface area contributed by atoms with Gasteiger partial charge in [-0.3, -0.25) is 4.57 Å². The second-order valence-corrected chi connectivity index (χ2v) is 7.22. The molecule has 0 bridgehead atoms. The Morgan fingerprint density at radius 1 is 1.17 bits per heavy atom. The zero-order valence-corrected chi connectivity index (χ0v) is 13.8. The van der Waals surface area contributed by atoms with E-state index >= 15 is 0 Å². The molecule has 23 heavy (non-hydrogen) atoms. The van der Waals surface area contributed by atoms with Crippen molar-refractivity contribution in [3.8, 4) is 5.69 Å². The molecule has 0 N–H and O–H groups in total. The van der Waals surface area contributed by atoms with Gasteiger partial charge in [0.1, 0.15) is 5.75 Å². The van der Waals surface area contributed by atoms with Crippen LogP contribution >= 0.6 is 0 Å². The zero-order chi connectivity index (χ0) is 16.6. The molecule has 0 unspecified atom stereocenters. The molecular weight excluding hydrogens is 316 g/mol. The zero-order valence-electron chi connectivity index (χ0n) is 13.0. The first-order chi connectivity index (χ1) is 10.9. The first-order valence-corrected chi connectivity index (χ1v) is 8.65. The smallest absolute Gasteiger partial charge is 0.232 e. The highest BCUT2D eigenvalue weighted by Gasteiger charge is 2.24. The van der Waals surface area contributed by atoms with E-state index in [1.165, 1.54) is 6.20 Å². The molecule has 2 aromatic heterocycles. The number of hydrogen-bond donors (Lipinski definition) is 0. The van der Waals surface area contributed by atoms with Crippen molar-refractivity contribution in [1.82, 2.24) is 19.7 Å². The van der Waals surface area contributed by atoms with Gasteiger partial charge >= 0.3 is 0 Å². The highest BCUT2D eigenvalue weighted by Crippen LogP contribution is 2.20. The molecule has 0 atom stereocenters. The van der Waals surface area contributed by atoms with Crippen LogP contribution in [0.4, 0.5) is 0 Å². The Morgan fingerprint density at radius 2 is 1.96 bits per heavy atom. The fourth-order valence-corrected chi connectivity index (χ4v) is 3.50. The lowest BCUT2D eigenvalue weighted by Gasteiger charge is -2.09. The number of benzene rings is 1. The third-order valence-corrected chi connectivity index (χ3v) is 5.04. The molecule has 0 radical (unpaired) electrons. The molecule has 8 heteroatoms. The predicted octanol–water partition coefficient (Wildman–Crippen LogP) is 2.15. The number of nitrogens with zero attached hydrogens (tertiary/aromatic N) is 4. The summed E-state index contributed by atoms with van der Waals surface area (Å²) in [4.78, 5) is 7.95. The van der Waals surface area contributed by atoms with E-state index in [9.17, 15) is 8.42 Å². The average molecular weight is 332 g/mol. The maximum Gasteiger partial charge on any atom is 0.232 e. The molecule has 7 nitrogen and oxygen atoms in total. The number of rotatable bonds is 4. The lowest BCUT2D eigenvalue weighted by atomic mass is 10.1. The molecule has 0 saturated heterocycles. The van der Waals surface area contributed by atoms with Crippen LogP contribution in [0.2, 0.25) is 0 Å². The summed E-state index contributed by atoms with van der Waals surface area (Å²) in [5.41, 5.74) is 2.96. The lowest BCUT2D eigenvalue weighted by molar-refractivity contribution is 0.388. The van der Waals surface area contributed by atoms with E-state index in [0.717, 1.165) is 16.8 Å². The van der Waals surface area contributed by atoms with Crippen molar-refractivity contribution in [1.29, 1.82) is 0 Å². The van der Waals surface area contributed by atoms with Gasteiger partial charge in [0.2, 0.25) is 20.9 Å². The molecule has 0 aliphatic rings. The van der Waals surface area contributed by atoms with Crippen molar-refractivity contribution in [2.75, 3.05) is 0 Å². The van der Waals surface area contributed by atoms with Gasteiger partial charge in [0.15, 0.2) is 5.82 Å². The summed E-state index contributed by atoms with van der Waals surface area (Å²) < 4.78 is 31.6. The van der Waals surface area contributed by atoms with Gasteiger partial charge in [-0.15, -0.1) is 0 Å². The Hall–Kier alpha value is -2.48. The minimum absolute atomic E-state index is 0.0387. The molecule has 120 valence electrons. The highest BCUT2D eigenvalue weighted by molar-refractivity contribution is 7.90. The number of imidazole rings is 1. The number of sulfone groups is 1. The summed E-state index contributed by atoms with van der Waals surface area (Å²) in [5, 5.41) is 3.60. The van der Waals surface area contributed by atoms with Gasteiger partial charge in [-0.05, 0) is 37.1 Å². The van der Waals surface area contributed by atoms with Crippen molar-refractivity contribution in [3.05, 3.63) is 53.4 Å². The van der Waals surface area contributed by atoms with E-state index in [1.54, 1.807) is 17.7 Å². The molecular formula is C15H16N4O3S. The summed E-state index contributed by atoms with van der Waals surface area (Å²) in [6, 6.07) is 5.74. The predicted molar refractivity (Wildman–Crippen MR) is 83.0 cm³/mol. The van der Waals surface area contributed by atoms with E-state index < -0.39 is 9.84 Å². The van der Waals surface area contributed by atoms with Crippen LogP contribution in [0.25, 0.3) is 5.69 Å². The van der Waals surface area contributed by atoms with Gasteiger partial charge in [0, 0.05) is 25.0 Å². The van der Waals surface area contributed by atoms with E-state index in [0.29, 0.717) is 5.89 Å². The minimum Gasteiger partial charge on any atom is -0.340 e. The van der Waals surface area contributed by atoms with Crippen molar-refractivity contribution in [3.63, 3.8) is 0 Å². The third-order valence-electron chi connectivity index (χ3n) is 3.54. The summed E-state index contributed by atoms with van der Waals surface area (Å²) in [6.45, 7) is 5.59. The Kier molecular flexibility index (Phi) is 3.77. The highest BCUT2D eigenvalue weighted by atomic mass is 32.2. The van der Waals surface area contributed by atoms with E-state index in [4.69, 9.17) is 4.52 Å². The quantitative estimate of drug-likeness (QED) is 0.727. The molecule has 0 fully saturated rings. The molecule has 0 spiro atoms. The van der Waals surface area contributed by atoms with Crippen molar-refractivity contribution < 1.29 is 12.9 Å². The molecule has 0 amide bonds. The Balaban J connectivity index is 2.01. The summed E-state index contributed by atoms with van der Waals surface area (Å²) >= 11 is 0. The summed E-state index contributed by atoms with van der Waals surface area (Å²) in [5.74, 6) is 0.0940. The SMILES string of the molecule is Cc1nc(CS(=O)(=O)c2nccn2-c2ccc(C)c(C)c2)no1. The van der Waals surface area contributed by atoms with Crippen LogP contribution < -0.4 is 0 Å². The average Bonchev–Trinajstić information content (AvgIpc) is 3.11. The van der Waals surface area contributed by atoms with Crippen LogP contribution in [0.1, 0.15) is 22.8 Å². The van der Waals surface area contributed by atoms with Gasteiger partial charge in [-0.1, -0.05) is 11.2 Å². The number of aromatic nitrogens is 4. The maximum absolute atomic E-state index is 12.6. The maximum atomic E-state index is 12.6. The van der Waals surface area contributed by atoms with Gasteiger partial charge in [-0.25, -0.2) is 13.4 Å². The van der Waals surface area contributed by atoms with Crippen LogP contribution in [0, 0.1) is 20.8 Å². The molecule has 2 heterocycles. The van der Waals surface area contributed by atoms with Gasteiger partial charge in [0.05, 0.1) is 0 Å². The monoisotopic (exact) mass is 332 g/mol. The standard InChI is InChI=1S/C15H16N4O3S/c1-10-4-5-13(8-11(10)2)19-7-6-16-15(19)23(20,21)9-14-17-12(3)22-18-14/h4-8H,9H2,1-3H3. The third kappa shape index (κ3) is 3.02. The van der Waals surface area contributed by atoms with Crippen LogP contribution in [-0.2, 0) is 15.6 Å². The van der Waals surface area contributed by atoms with E-state index in [1.807, 2.05) is 32.0 Å². The largest absolute Gasteiger partial charge is 0.340 e. The normalized spacial score (nSPS) is 11.8. The van der Waals surface area contributed by atoms with Crippen molar-refractivity contribution in [2.45, 2.75) is 31.7 Å². The second-order valence-electron chi connectivity index (χ2n) is 5.34. The number of hydrogen-bond acceptors (Lipinski definition) is 6. The molecule has 0 aliphatic heterocycles. The molecule has 3 aromatic rings.